The predicted octanol–water partition coefficient (Wildman–Crippen LogP) is 2.73. The molecule has 0 radical (unpaired) electrons. The molecule has 3 rings (SSSR count). The third-order valence-corrected chi connectivity index (χ3v) is 6.34. The van der Waals surface area contributed by atoms with Crippen LogP contribution in [-0.2, 0) is 0 Å². The number of aliphatic hydroxyl groups excluding tert-OH is 1. The summed E-state index contributed by atoms with van der Waals surface area (Å²) in [5.74, 6) is 1.58. The van der Waals surface area contributed by atoms with Gasteiger partial charge in [0.1, 0.15) is 0 Å². The lowest BCUT2D eigenvalue weighted by molar-refractivity contribution is 0.00184. The predicted molar refractivity (Wildman–Crippen MR) is 87.4 cm³/mol. The fourth-order valence-corrected chi connectivity index (χ4v) is 4.81. The van der Waals surface area contributed by atoms with Crippen molar-refractivity contribution < 1.29 is 5.11 Å². The summed E-state index contributed by atoms with van der Waals surface area (Å²) >= 11 is 0. The average Bonchev–Trinajstić information content (AvgIpc) is 2.98. The second-order valence-corrected chi connectivity index (χ2v) is 7.99. The lowest BCUT2D eigenvalue weighted by atomic mass is 9.77. The molecule has 4 atom stereocenters. The Bertz CT molecular complexity index is 327. The largest absolute Gasteiger partial charge is 0.391 e. The van der Waals surface area contributed by atoms with Crippen molar-refractivity contribution in [1.29, 1.82) is 0 Å². The fraction of sp³-hybridized carbons (Fsp3) is 1.00. The van der Waals surface area contributed by atoms with E-state index < -0.39 is 0 Å². The van der Waals surface area contributed by atoms with Gasteiger partial charge in [0.2, 0.25) is 0 Å². The van der Waals surface area contributed by atoms with Gasteiger partial charge in [-0.3, -0.25) is 9.80 Å². The minimum absolute atomic E-state index is 0.0832. The highest BCUT2D eigenvalue weighted by Crippen LogP contribution is 2.34. The van der Waals surface area contributed by atoms with Crippen molar-refractivity contribution in [3.8, 4) is 0 Å². The van der Waals surface area contributed by atoms with Gasteiger partial charge in [0.25, 0.3) is 0 Å². The Morgan fingerprint density at radius 3 is 2.38 bits per heavy atom. The van der Waals surface area contributed by atoms with Crippen LogP contribution < -0.4 is 0 Å². The molecule has 2 heterocycles. The maximum absolute atomic E-state index is 10.5. The number of piperidine rings is 1. The van der Waals surface area contributed by atoms with Gasteiger partial charge in [0.05, 0.1) is 6.10 Å². The first-order valence-electron chi connectivity index (χ1n) is 9.31. The van der Waals surface area contributed by atoms with E-state index in [9.17, 15) is 5.11 Å². The number of rotatable bonds is 3. The van der Waals surface area contributed by atoms with Crippen LogP contribution in [0.15, 0.2) is 0 Å². The first-order chi connectivity index (χ1) is 10.1. The third kappa shape index (κ3) is 3.62. The summed E-state index contributed by atoms with van der Waals surface area (Å²) < 4.78 is 0. The molecule has 0 spiro atoms. The summed E-state index contributed by atoms with van der Waals surface area (Å²) in [6.07, 6.45) is 8.87. The van der Waals surface area contributed by atoms with Crippen molar-refractivity contribution in [2.45, 2.75) is 77.0 Å². The molecule has 3 fully saturated rings. The van der Waals surface area contributed by atoms with Gasteiger partial charge in [-0.2, -0.15) is 0 Å². The highest BCUT2D eigenvalue weighted by molar-refractivity contribution is 4.93. The lowest BCUT2D eigenvalue weighted by Crippen LogP contribution is -2.48. The highest BCUT2D eigenvalue weighted by Gasteiger charge is 2.38. The maximum Gasteiger partial charge on any atom is 0.0695 e. The zero-order valence-corrected chi connectivity index (χ0v) is 14.0. The van der Waals surface area contributed by atoms with Crippen molar-refractivity contribution in [3.63, 3.8) is 0 Å². The SMILES string of the molecule is CC(C)C1CCC(O)C(N2CCC(N3CCCCC3)C2)C1. The minimum atomic E-state index is -0.0832. The molecule has 3 heteroatoms. The van der Waals surface area contributed by atoms with E-state index in [-0.39, 0.29) is 6.10 Å². The standard InChI is InChI=1S/C18H34N2O/c1-14(2)15-6-7-18(21)17(12-15)20-11-8-16(13-20)19-9-4-3-5-10-19/h14-18,21H,3-13H2,1-2H3. The molecule has 0 amide bonds. The van der Waals surface area contributed by atoms with E-state index in [2.05, 4.69) is 23.6 Å². The molecule has 122 valence electrons. The number of nitrogens with zero attached hydrogens (tertiary/aromatic N) is 2. The van der Waals surface area contributed by atoms with E-state index in [1.165, 1.54) is 64.7 Å². The summed E-state index contributed by atoms with van der Waals surface area (Å²) in [6, 6.07) is 1.19. The molecule has 2 aliphatic heterocycles. The molecule has 3 aliphatic rings. The first kappa shape index (κ1) is 15.8. The van der Waals surface area contributed by atoms with E-state index in [1.807, 2.05) is 0 Å². The smallest absolute Gasteiger partial charge is 0.0695 e. The van der Waals surface area contributed by atoms with Gasteiger partial charge in [-0.25, -0.2) is 0 Å². The zero-order valence-electron chi connectivity index (χ0n) is 14.0. The summed E-state index contributed by atoms with van der Waals surface area (Å²) in [7, 11) is 0. The van der Waals surface area contributed by atoms with Crippen molar-refractivity contribution in [2.24, 2.45) is 11.8 Å². The molecule has 1 aliphatic carbocycles. The normalized spacial score (nSPS) is 40.0. The van der Waals surface area contributed by atoms with Crippen LogP contribution in [0.2, 0.25) is 0 Å². The summed E-state index contributed by atoms with van der Waals surface area (Å²) in [6.45, 7) is 9.71. The van der Waals surface area contributed by atoms with Crippen LogP contribution in [0.5, 0.6) is 0 Å². The fourth-order valence-electron chi connectivity index (χ4n) is 4.81. The molecule has 0 aromatic rings. The van der Waals surface area contributed by atoms with Crippen molar-refractivity contribution >= 4 is 0 Å². The van der Waals surface area contributed by atoms with Gasteiger partial charge in [0, 0.05) is 25.2 Å². The third-order valence-electron chi connectivity index (χ3n) is 6.34. The van der Waals surface area contributed by atoms with Gasteiger partial charge in [-0.15, -0.1) is 0 Å². The van der Waals surface area contributed by atoms with Crippen LogP contribution in [0.25, 0.3) is 0 Å². The van der Waals surface area contributed by atoms with E-state index in [4.69, 9.17) is 0 Å². The van der Waals surface area contributed by atoms with E-state index >= 15 is 0 Å². The quantitative estimate of drug-likeness (QED) is 0.867. The Labute approximate surface area is 130 Å². The second kappa shape index (κ2) is 6.97. The average molecular weight is 294 g/mol. The van der Waals surface area contributed by atoms with E-state index in [0.717, 1.165) is 24.3 Å². The molecular formula is C18H34N2O. The monoisotopic (exact) mass is 294 g/mol. The molecule has 0 aromatic carbocycles. The molecular weight excluding hydrogens is 260 g/mol. The van der Waals surface area contributed by atoms with Gasteiger partial charge >= 0.3 is 0 Å². The Morgan fingerprint density at radius 1 is 0.905 bits per heavy atom. The van der Waals surface area contributed by atoms with Crippen LogP contribution >= 0.6 is 0 Å². The number of hydrogen-bond donors (Lipinski definition) is 1. The Hall–Kier alpha value is -0.120. The van der Waals surface area contributed by atoms with Crippen LogP contribution in [0, 0.1) is 11.8 Å². The van der Waals surface area contributed by atoms with Crippen LogP contribution in [0.4, 0.5) is 0 Å². The van der Waals surface area contributed by atoms with Gasteiger partial charge < -0.3 is 5.11 Å². The second-order valence-electron chi connectivity index (χ2n) is 7.99. The number of likely N-dealkylation sites (tertiary alicyclic amines) is 2. The molecule has 1 saturated carbocycles. The Kier molecular flexibility index (Phi) is 5.23. The van der Waals surface area contributed by atoms with Crippen LogP contribution in [0.1, 0.15) is 58.8 Å². The number of aliphatic hydroxyl groups is 1. The Morgan fingerprint density at radius 2 is 1.67 bits per heavy atom. The summed E-state index contributed by atoms with van der Waals surface area (Å²) in [5.41, 5.74) is 0. The van der Waals surface area contributed by atoms with E-state index in [1.54, 1.807) is 0 Å². The highest BCUT2D eigenvalue weighted by atomic mass is 16.3. The van der Waals surface area contributed by atoms with Gasteiger partial charge in [-0.1, -0.05) is 20.3 Å². The van der Waals surface area contributed by atoms with Crippen molar-refractivity contribution in [1.82, 2.24) is 9.80 Å². The van der Waals surface area contributed by atoms with Gasteiger partial charge in [-0.05, 0) is 63.5 Å². The Balaban J connectivity index is 1.56. The van der Waals surface area contributed by atoms with Crippen molar-refractivity contribution in [3.05, 3.63) is 0 Å². The molecule has 21 heavy (non-hydrogen) atoms. The molecule has 3 nitrogen and oxygen atoms in total. The lowest BCUT2D eigenvalue weighted by Gasteiger charge is -2.41. The van der Waals surface area contributed by atoms with Crippen LogP contribution in [-0.4, -0.2) is 59.3 Å². The molecule has 1 N–H and O–H groups in total. The first-order valence-corrected chi connectivity index (χ1v) is 9.31. The topological polar surface area (TPSA) is 26.7 Å². The summed E-state index contributed by atoms with van der Waals surface area (Å²) in [5, 5.41) is 10.5. The van der Waals surface area contributed by atoms with Crippen LogP contribution in [0.3, 0.4) is 0 Å². The zero-order chi connectivity index (χ0) is 14.8. The molecule has 2 saturated heterocycles. The molecule has 0 bridgehead atoms. The molecule has 0 aromatic heterocycles. The van der Waals surface area contributed by atoms with Crippen molar-refractivity contribution in [2.75, 3.05) is 26.2 Å². The maximum atomic E-state index is 10.5. The van der Waals surface area contributed by atoms with E-state index in [0.29, 0.717) is 6.04 Å². The minimum Gasteiger partial charge on any atom is -0.391 e. The summed E-state index contributed by atoms with van der Waals surface area (Å²) in [4.78, 5) is 5.34. The van der Waals surface area contributed by atoms with Gasteiger partial charge in [0.15, 0.2) is 0 Å². The molecule has 4 unspecified atom stereocenters. The number of hydrogen-bond acceptors (Lipinski definition) is 3.